The van der Waals surface area contributed by atoms with Gasteiger partial charge in [0.1, 0.15) is 0 Å². The Morgan fingerprint density at radius 2 is 1.93 bits per heavy atom. The molecule has 1 aromatic carbocycles. The number of carboxylic acids is 1. The average molecular weight is 206 g/mol. The van der Waals surface area contributed by atoms with Crippen LogP contribution in [-0.2, 0) is 11.2 Å². The largest absolute Gasteiger partial charge is 0.481 e. The molecule has 0 aliphatic rings. The zero-order chi connectivity index (χ0) is 11.3. The summed E-state index contributed by atoms with van der Waals surface area (Å²) < 4.78 is 0. The first-order valence-corrected chi connectivity index (χ1v) is 5.35. The maximum Gasteiger partial charge on any atom is 0.303 e. The van der Waals surface area contributed by atoms with Crippen molar-refractivity contribution < 1.29 is 9.90 Å². The molecule has 1 aromatic rings. The van der Waals surface area contributed by atoms with Gasteiger partial charge in [-0.15, -0.1) is 0 Å². The minimum Gasteiger partial charge on any atom is -0.481 e. The van der Waals surface area contributed by atoms with Crippen molar-refractivity contribution in [3.05, 3.63) is 35.4 Å². The third kappa shape index (κ3) is 4.63. The Morgan fingerprint density at radius 1 is 1.33 bits per heavy atom. The van der Waals surface area contributed by atoms with Crippen molar-refractivity contribution in [2.45, 2.75) is 33.1 Å². The minimum atomic E-state index is -0.703. The highest BCUT2D eigenvalue weighted by molar-refractivity contribution is 5.66. The molecule has 0 saturated heterocycles. The van der Waals surface area contributed by atoms with Crippen molar-refractivity contribution >= 4 is 5.97 Å². The molecule has 82 valence electrons. The van der Waals surface area contributed by atoms with Crippen LogP contribution in [0.3, 0.4) is 0 Å². The van der Waals surface area contributed by atoms with Crippen LogP contribution in [-0.4, -0.2) is 11.1 Å². The fourth-order valence-electron chi connectivity index (χ4n) is 1.60. The van der Waals surface area contributed by atoms with Gasteiger partial charge < -0.3 is 5.11 Å². The zero-order valence-corrected chi connectivity index (χ0v) is 9.36. The first-order chi connectivity index (χ1) is 7.08. The molecule has 2 nitrogen and oxygen atoms in total. The van der Waals surface area contributed by atoms with E-state index in [-0.39, 0.29) is 6.42 Å². The predicted octanol–water partition coefficient (Wildman–Crippen LogP) is 3.04. The van der Waals surface area contributed by atoms with Crippen LogP contribution in [0.1, 0.15) is 30.9 Å². The van der Waals surface area contributed by atoms with Crippen molar-refractivity contribution in [1.82, 2.24) is 0 Å². The van der Waals surface area contributed by atoms with Gasteiger partial charge in [-0.25, -0.2) is 0 Å². The Balaban J connectivity index is 2.40. The summed E-state index contributed by atoms with van der Waals surface area (Å²) in [5.41, 5.74) is 2.55. The van der Waals surface area contributed by atoms with Crippen LogP contribution in [0, 0.1) is 12.8 Å². The van der Waals surface area contributed by atoms with Crippen molar-refractivity contribution in [2.24, 2.45) is 5.92 Å². The van der Waals surface area contributed by atoms with Gasteiger partial charge in [-0.1, -0.05) is 36.8 Å². The van der Waals surface area contributed by atoms with E-state index in [0.717, 1.165) is 12.8 Å². The molecule has 1 rings (SSSR count). The van der Waals surface area contributed by atoms with Crippen LogP contribution in [0.5, 0.6) is 0 Å². The second-order valence-electron chi connectivity index (χ2n) is 4.23. The van der Waals surface area contributed by atoms with E-state index < -0.39 is 5.97 Å². The van der Waals surface area contributed by atoms with Crippen LogP contribution < -0.4 is 0 Å². The van der Waals surface area contributed by atoms with Gasteiger partial charge in [0.2, 0.25) is 0 Å². The number of carbonyl (C=O) groups is 1. The van der Waals surface area contributed by atoms with Crippen LogP contribution in [0.2, 0.25) is 0 Å². The quantitative estimate of drug-likeness (QED) is 0.804. The monoisotopic (exact) mass is 206 g/mol. The van der Waals surface area contributed by atoms with Crippen molar-refractivity contribution in [3.63, 3.8) is 0 Å². The summed E-state index contributed by atoms with van der Waals surface area (Å²) in [5.74, 6) is -0.269. The van der Waals surface area contributed by atoms with Gasteiger partial charge in [0, 0.05) is 6.42 Å². The van der Waals surface area contributed by atoms with Gasteiger partial charge in [-0.05, 0) is 31.2 Å². The van der Waals surface area contributed by atoms with E-state index in [1.54, 1.807) is 0 Å². The summed E-state index contributed by atoms with van der Waals surface area (Å²) in [5, 5.41) is 8.56. The Hall–Kier alpha value is -1.31. The summed E-state index contributed by atoms with van der Waals surface area (Å²) in [6, 6.07) is 8.43. The summed E-state index contributed by atoms with van der Waals surface area (Å²) in [6.07, 6.45) is 1.99. The molecule has 0 fully saturated rings. The Bertz CT molecular complexity index is 314. The maximum absolute atomic E-state index is 10.4. The second-order valence-corrected chi connectivity index (χ2v) is 4.23. The Kier molecular flexibility index (Phi) is 4.35. The topological polar surface area (TPSA) is 37.3 Å². The fourth-order valence-corrected chi connectivity index (χ4v) is 1.60. The Labute approximate surface area is 90.9 Å². The Morgan fingerprint density at radius 3 is 2.47 bits per heavy atom. The minimum absolute atomic E-state index is 0.271. The SMILES string of the molecule is Cc1ccc(C[C@H](C)CCC(=O)O)cc1. The molecule has 0 heterocycles. The fraction of sp³-hybridized carbons (Fsp3) is 0.462. The molecular formula is C13H18O2. The molecule has 0 aliphatic carbocycles. The van der Waals surface area contributed by atoms with Crippen LogP contribution in [0.25, 0.3) is 0 Å². The van der Waals surface area contributed by atoms with E-state index >= 15 is 0 Å². The lowest BCUT2D eigenvalue weighted by Gasteiger charge is -2.09. The molecule has 0 aromatic heterocycles. The summed E-state index contributed by atoms with van der Waals surface area (Å²) >= 11 is 0. The number of aryl methyl sites for hydroxylation is 1. The van der Waals surface area contributed by atoms with Gasteiger partial charge >= 0.3 is 5.97 Å². The van der Waals surface area contributed by atoms with Gasteiger partial charge in [0.05, 0.1) is 0 Å². The molecule has 1 atom stereocenters. The number of aliphatic carboxylic acids is 1. The molecule has 2 heteroatoms. The highest BCUT2D eigenvalue weighted by Crippen LogP contribution is 2.14. The third-order valence-electron chi connectivity index (χ3n) is 2.56. The van der Waals surface area contributed by atoms with Crippen molar-refractivity contribution in [1.29, 1.82) is 0 Å². The van der Waals surface area contributed by atoms with E-state index in [9.17, 15) is 4.79 Å². The molecule has 0 aliphatic heterocycles. The molecule has 0 unspecified atom stereocenters. The van der Waals surface area contributed by atoms with Gasteiger partial charge in [0.25, 0.3) is 0 Å². The first-order valence-electron chi connectivity index (χ1n) is 5.35. The lowest BCUT2D eigenvalue weighted by molar-refractivity contribution is -0.137. The highest BCUT2D eigenvalue weighted by Gasteiger charge is 2.06. The number of hydrogen-bond acceptors (Lipinski definition) is 1. The summed E-state index contributed by atoms with van der Waals surface area (Å²) in [7, 11) is 0. The summed E-state index contributed by atoms with van der Waals surface area (Å²) in [6.45, 7) is 4.17. The van der Waals surface area contributed by atoms with Crippen LogP contribution >= 0.6 is 0 Å². The molecule has 0 amide bonds. The molecule has 1 N–H and O–H groups in total. The smallest absolute Gasteiger partial charge is 0.303 e. The van der Waals surface area contributed by atoms with Gasteiger partial charge in [0.15, 0.2) is 0 Å². The number of carboxylic acid groups (broad SMARTS) is 1. The lowest BCUT2D eigenvalue weighted by atomic mass is 9.96. The second kappa shape index (κ2) is 5.54. The lowest BCUT2D eigenvalue weighted by Crippen LogP contribution is -2.04. The molecular weight excluding hydrogens is 188 g/mol. The van der Waals surface area contributed by atoms with Gasteiger partial charge in [-0.3, -0.25) is 4.79 Å². The third-order valence-corrected chi connectivity index (χ3v) is 2.56. The highest BCUT2D eigenvalue weighted by atomic mass is 16.4. The van der Waals surface area contributed by atoms with E-state index in [1.807, 2.05) is 0 Å². The van der Waals surface area contributed by atoms with E-state index in [0.29, 0.717) is 5.92 Å². The first kappa shape index (κ1) is 11.8. The number of benzene rings is 1. The number of rotatable bonds is 5. The van der Waals surface area contributed by atoms with Crippen LogP contribution in [0.15, 0.2) is 24.3 Å². The number of hydrogen-bond donors (Lipinski definition) is 1. The van der Waals surface area contributed by atoms with E-state index in [2.05, 4.69) is 38.1 Å². The van der Waals surface area contributed by atoms with Crippen LogP contribution in [0.4, 0.5) is 0 Å². The van der Waals surface area contributed by atoms with E-state index in [1.165, 1.54) is 11.1 Å². The summed E-state index contributed by atoms with van der Waals surface area (Å²) in [4.78, 5) is 10.4. The average Bonchev–Trinajstić information content (AvgIpc) is 2.19. The van der Waals surface area contributed by atoms with Gasteiger partial charge in [-0.2, -0.15) is 0 Å². The molecule has 15 heavy (non-hydrogen) atoms. The standard InChI is InChI=1S/C13H18O2/c1-10-3-6-12(7-4-10)9-11(2)5-8-13(14)15/h3-4,6-7,11H,5,8-9H2,1-2H3,(H,14,15)/t11-/m1/s1. The van der Waals surface area contributed by atoms with Crippen molar-refractivity contribution in [3.8, 4) is 0 Å². The normalized spacial score (nSPS) is 12.4. The molecule has 0 spiro atoms. The van der Waals surface area contributed by atoms with E-state index in [4.69, 9.17) is 5.11 Å². The predicted molar refractivity (Wildman–Crippen MR) is 60.9 cm³/mol. The molecule has 0 bridgehead atoms. The zero-order valence-electron chi connectivity index (χ0n) is 9.36. The molecule has 0 radical (unpaired) electrons. The molecule has 0 saturated carbocycles. The van der Waals surface area contributed by atoms with Crippen molar-refractivity contribution in [2.75, 3.05) is 0 Å². The maximum atomic E-state index is 10.4.